The van der Waals surface area contributed by atoms with Gasteiger partial charge in [-0.1, -0.05) is 374 Å². The van der Waals surface area contributed by atoms with Crippen molar-refractivity contribution >= 4 is 17.9 Å². The van der Waals surface area contributed by atoms with Gasteiger partial charge in [0.25, 0.3) is 0 Å². The summed E-state index contributed by atoms with van der Waals surface area (Å²) in [4.78, 5) is 38.4. The van der Waals surface area contributed by atoms with Crippen LogP contribution in [-0.4, -0.2) is 37.2 Å². The number of esters is 3. The molecule has 6 heteroatoms. The van der Waals surface area contributed by atoms with Crippen LogP contribution in [0.2, 0.25) is 0 Å². The van der Waals surface area contributed by atoms with Crippen molar-refractivity contribution in [3.63, 3.8) is 0 Å². The number of carbonyl (C=O) groups excluding carboxylic acids is 3. The number of hydrogen-bond acceptors (Lipinski definition) is 6. The van der Waals surface area contributed by atoms with Gasteiger partial charge in [0.1, 0.15) is 13.2 Å². The van der Waals surface area contributed by atoms with Crippen molar-refractivity contribution in [2.24, 2.45) is 0 Å². The summed E-state index contributed by atoms with van der Waals surface area (Å²) in [6.07, 6.45) is 77.1. The predicted molar refractivity (Wildman–Crippen MR) is 330 cm³/mol. The molecule has 0 rings (SSSR count). The van der Waals surface area contributed by atoms with Gasteiger partial charge in [0, 0.05) is 19.3 Å². The first-order valence-corrected chi connectivity index (χ1v) is 35.0. The molecular weight excluding hydrogens is 937 g/mol. The normalized spacial score (nSPS) is 11.9. The first-order valence-electron chi connectivity index (χ1n) is 35.0. The van der Waals surface area contributed by atoms with Crippen LogP contribution in [0.5, 0.6) is 0 Å². The third-order valence-corrected chi connectivity index (χ3v) is 16.4. The minimum Gasteiger partial charge on any atom is -0.462 e. The highest BCUT2D eigenvalue weighted by molar-refractivity contribution is 5.71. The van der Waals surface area contributed by atoms with Gasteiger partial charge in [-0.25, -0.2) is 0 Å². The van der Waals surface area contributed by atoms with E-state index in [4.69, 9.17) is 14.2 Å². The Bertz CT molecular complexity index is 1140. The van der Waals surface area contributed by atoms with E-state index in [1.807, 2.05) is 0 Å². The Morgan fingerprint density at radius 2 is 0.355 bits per heavy atom. The van der Waals surface area contributed by atoms with E-state index < -0.39 is 6.10 Å². The molecule has 0 aromatic rings. The average Bonchev–Trinajstić information content (AvgIpc) is 3.42. The molecule has 0 amide bonds. The van der Waals surface area contributed by atoms with E-state index in [0.29, 0.717) is 19.3 Å². The van der Waals surface area contributed by atoms with Crippen molar-refractivity contribution in [2.45, 2.75) is 419 Å². The molecule has 0 aliphatic rings. The second kappa shape index (κ2) is 65.9. The van der Waals surface area contributed by atoms with Crippen molar-refractivity contribution in [3.05, 3.63) is 0 Å². The van der Waals surface area contributed by atoms with Gasteiger partial charge in [-0.2, -0.15) is 0 Å². The van der Waals surface area contributed by atoms with Gasteiger partial charge in [0.05, 0.1) is 0 Å². The van der Waals surface area contributed by atoms with Crippen LogP contribution in [-0.2, 0) is 28.6 Å². The molecule has 0 saturated heterocycles. The molecule has 76 heavy (non-hydrogen) atoms. The zero-order valence-electron chi connectivity index (χ0n) is 52.1. The van der Waals surface area contributed by atoms with Crippen LogP contribution in [0.15, 0.2) is 0 Å². The van der Waals surface area contributed by atoms with E-state index in [2.05, 4.69) is 20.8 Å². The Kier molecular flexibility index (Phi) is 64.5. The van der Waals surface area contributed by atoms with Crippen molar-refractivity contribution in [1.82, 2.24) is 0 Å². The third-order valence-electron chi connectivity index (χ3n) is 16.4. The predicted octanol–water partition coefficient (Wildman–Crippen LogP) is 23.8. The highest BCUT2D eigenvalue weighted by Crippen LogP contribution is 2.19. The Labute approximate surface area is 476 Å². The second-order valence-corrected chi connectivity index (χ2v) is 24.2. The highest BCUT2D eigenvalue weighted by atomic mass is 16.6. The van der Waals surface area contributed by atoms with E-state index in [1.54, 1.807) is 0 Å². The lowest BCUT2D eigenvalue weighted by molar-refractivity contribution is -0.167. The standard InChI is InChI=1S/C70H136O6/c1-4-7-10-13-16-19-22-25-27-29-31-33-34-35-36-38-39-41-43-45-48-51-54-57-60-63-69(72)75-66-67(65-74-68(71)62-59-56-53-50-47-24-21-18-15-12-9-6-3)76-70(73)64-61-58-55-52-49-46-44-42-40-37-32-30-28-26-23-20-17-14-11-8-5-2/h67H,4-66H2,1-3H3. The summed E-state index contributed by atoms with van der Waals surface area (Å²) in [5.74, 6) is -0.822. The molecule has 0 aliphatic carbocycles. The molecule has 0 aromatic heterocycles. The fourth-order valence-electron chi connectivity index (χ4n) is 11.1. The summed E-state index contributed by atoms with van der Waals surface area (Å²) >= 11 is 0. The molecule has 0 heterocycles. The summed E-state index contributed by atoms with van der Waals surface area (Å²) in [7, 11) is 0. The molecule has 0 spiro atoms. The van der Waals surface area contributed by atoms with E-state index in [1.165, 1.54) is 315 Å². The smallest absolute Gasteiger partial charge is 0.306 e. The number of ether oxygens (including phenoxy) is 3. The SMILES string of the molecule is CCCCCCCCCCCCCCCCCCCCCCCCCCCC(=O)OCC(COC(=O)CCCCCCCCCCCCCC)OC(=O)CCCCCCCCCCCCCCCCCCCCCCC. The fraction of sp³-hybridized carbons (Fsp3) is 0.957. The molecule has 0 aromatic carbocycles. The molecule has 0 radical (unpaired) electrons. The molecule has 0 bridgehead atoms. The summed E-state index contributed by atoms with van der Waals surface area (Å²) in [6.45, 7) is 6.74. The van der Waals surface area contributed by atoms with Crippen molar-refractivity contribution in [2.75, 3.05) is 13.2 Å². The average molecular weight is 1070 g/mol. The maximum absolute atomic E-state index is 12.9. The second-order valence-electron chi connectivity index (χ2n) is 24.2. The van der Waals surface area contributed by atoms with Crippen molar-refractivity contribution < 1.29 is 28.6 Å². The van der Waals surface area contributed by atoms with E-state index in [9.17, 15) is 14.4 Å². The quantitative estimate of drug-likeness (QED) is 0.0343. The van der Waals surface area contributed by atoms with Gasteiger partial charge in [0.2, 0.25) is 0 Å². The fourth-order valence-corrected chi connectivity index (χ4v) is 11.1. The van der Waals surface area contributed by atoms with Crippen LogP contribution in [0.1, 0.15) is 412 Å². The highest BCUT2D eigenvalue weighted by Gasteiger charge is 2.19. The minimum absolute atomic E-state index is 0.0603. The monoisotopic (exact) mass is 1070 g/mol. The molecule has 0 N–H and O–H groups in total. The number of unbranched alkanes of at least 4 members (excludes halogenated alkanes) is 55. The Morgan fingerprint density at radius 1 is 0.211 bits per heavy atom. The summed E-state index contributed by atoms with van der Waals surface area (Å²) in [6, 6.07) is 0. The van der Waals surface area contributed by atoms with Gasteiger partial charge in [-0.15, -0.1) is 0 Å². The largest absolute Gasteiger partial charge is 0.462 e. The van der Waals surface area contributed by atoms with Crippen LogP contribution in [0.25, 0.3) is 0 Å². The minimum atomic E-state index is -0.763. The van der Waals surface area contributed by atoms with Crippen molar-refractivity contribution in [3.8, 4) is 0 Å². The topological polar surface area (TPSA) is 78.9 Å². The molecule has 0 saturated carbocycles. The van der Waals surface area contributed by atoms with Gasteiger partial charge in [-0.3, -0.25) is 14.4 Å². The van der Waals surface area contributed by atoms with Crippen LogP contribution >= 0.6 is 0 Å². The Hall–Kier alpha value is -1.59. The third kappa shape index (κ3) is 63.2. The maximum atomic E-state index is 12.9. The molecule has 1 atom stereocenters. The lowest BCUT2D eigenvalue weighted by atomic mass is 10.0. The van der Waals surface area contributed by atoms with Gasteiger partial charge >= 0.3 is 17.9 Å². The number of carbonyl (C=O) groups is 3. The van der Waals surface area contributed by atoms with Gasteiger partial charge in [-0.05, 0) is 19.3 Å². The molecule has 452 valence electrons. The van der Waals surface area contributed by atoms with Crippen LogP contribution in [0.3, 0.4) is 0 Å². The lowest BCUT2D eigenvalue weighted by Crippen LogP contribution is -2.30. The zero-order chi connectivity index (χ0) is 55.0. The first kappa shape index (κ1) is 74.4. The summed E-state index contributed by atoms with van der Waals surface area (Å²) < 4.78 is 17.0. The summed E-state index contributed by atoms with van der Waals surface area (Å²) in [5.41, 5.74) is 0. The molecule has 1 unspecified atom stereocenters. The van der Waals surface area contributed by atoms with Crippen LogP contribution in [0, 0.1) is 0 Å². The summed E-state index contributed by atoms with van der Waals surface area (Å²) in [5, 5.41) is 0. The maximum Gasteiger partial charge on any atom is 0.306 e. The Morgan fingerprint density at radius 3 is 0.526 bits per heavy atom. The lowest BCUT2D eigenvalue weighted by Gasteiger charge is -2.18. The first-order chi connectivity index (χ1) is 37.5. The van der Waals surface area contributed by atoms with E-state index >= 15 is 0 Å². The van der Waals surface area contributed by atoms with Gasteiger partial charge in [0.15, 0.2) is 6.10 Å². The molecular formula is C70H136O6. The van der Waals surface area contributed by atoms with Crippen LogP contribution < -0.4 is 0 Å². The van der Waals surface area contributed by atoms with E-state index in [0.717, 1.165) is 57.8 Å². The number of rotatable bonds is 66. The Balaban J connectivity index is 4.17. The van der Waals surface area contributed by atoms with Crippen LogP contribution in [0.4, 0.5) is 0 Å². The van der Waals surface area contributed by atoms with E-state index in [-0.39, 0.29) is 31.1 Å². The molecule has 6 nitrogen and oxygen atoms in total. The molecule has 0 aliphatic heterocycles. The number of hydrogen-bond donors (Lipinski definition) is 0. The zero-order valence-corrected chi connectivity index (χ0v) is 52.1. The van der Waals surface area contributed by atoms with Crippen molar-refractivity contribution in [1.29, 1.82) is 0 Å². The van der Waals surface area contributed by atoms with Gasteiger partial charge < -0.3 is 14.2 Å². The molecule has 0 fully saturated rings.